The number of rotatable bonds is 0. The molecule has 0 bridgehead atoms. The molecular formula is C7H4BrF4N. The molecule has 0 aliphatic rings. The molecule has 72 valence electrons. The average molecular weight is 258 g/mol. The predicted molar refractivity (Wildman–Crippen MR) is 43.5 cm³/mol. The lowest BCUT2D eigenvalue weighted by atomic mass is 10.2. The van der Waals surface area contributed by atoms with E-state index in [1.807, 2.05) is 0 Å². The summed E-state index contributed by atoms with van der Waals surface area (Å²) < 4.78 is 48.7. The van der Waals surface area contributed by atoms with Crippen molar-refractivity contribution in [1.82, 2.24) is 0 Å². The van der Waals surface area contributed by atoms with Gasteiger partial charge in [-0.3, -0.25) is 0 Å². The summed E-state index contributed by atoms with van der Waals surface area (Å²) >= 11 is 2.62. The van der Waals surface area contributed by atoms with E-state index < -0.39 is 17.6 Å². The third kappa shape index (κ3) is 1.93. The van der Waals surface area contributed by atoms with Crippen molar-refractivity contribution in [2.75, 3.05) is 5.73 Å². The molecule has 0 saturated carbocycles. The minimum Gasteiger partial charge on any atom is -0.398 e. The van der Waals surface area contributed by atoms with Crippen LogP contribution in [0.1, 0.15) is 5.56 Å². The average Bonchev–Trinajstić information content (AvgIpc) is 1.98. The first-order valence-corrected chi connectivity index (χ1v) is 3.94. The Kier molecular flexibility index (Phi) is 2.51. The Hall–Kier alpha value is -0.780. The molecular weight excluding hydrogens is 254 g/mol. The van der Waals surface area contributed by atoms with Gasteiger partial charge in [-0.1, -0.05) is 0 Å². The van der Waals surface area contributed by atoms with Crippen LogP contribution in [0.15, 0.2) is 16.6 Å². The zero-order valence-electron chi connectivity index (χ0n) is 6.12. The molecule has 1 rings (SSSR count). The van der Waals surface area contributed by atoms with E-state index in [-0.39, 0.29) is 10.2 Å². The van der Waals surface area contributed by atoms with Gasteiger partial charge in [0.2, 0.25) is 0 Å². The molecule has 1 nitrogen and oxygen atoms in total. The van der Waals surface area contributed by atoms with Gasteiger partial charge in [0.15, 0.2) is 5.82 Å². The first-order chi connectivity index (χ1) is 5.84. The number of hydrogen-bond donors (Lipinski definition) is 1. The second-order valence-corrected chi connectivity index (χ2v) is 3.12. The monoisotopic (exact) mass is 257 g/mol. The molecule has 13 heavy (non-hydrogen) atoms. The summed E-state index contributed by atoms with van der Waals surface area (Å²) in [6.45, 7) is 0. The predicted octanol–water partition coefficient (Wildman–Crippen LogP) is 3.19. The van der Waals surface area contributed by atoms with E-state index in [0.717, 1.165) is 6.07 Å². The van der Waals surface area contributed by atoms with Crippen LogP contribution in [0.3, 0.4) is 0 Å². The van der Waals surface area contributed by atoms with Crippen molar-refractivity contribution >= 4 is 21.6 Å². The van der Waals surface area contributed by atoms with Crippen LogP contribution in [0.2, 0.25) is 0 Å². The molecule has 0 atom stereocenters. The van der Waals surface area contributed by atoms with E-state index in [0.29, 0.717) is 6.07 Å². The molecule has 0 fully saturated rings. The third-order valence-electron chi connectivity index (χ3n) is 1.42. The van der Waals surface area contributed by atoms with Crippen LogP contribution in [-0.2, 0) is 6.18 Å². The fourth-order valence-electron chi connectivity index (χ4n) is 0.783. The Bertz CT molecular complexity index is 334. The number of halogens is 5. The summed E-state index contributed by atoms with van der Waals surface area (Å²) in [5.74, 6) is -1.38. The van der Waals surface area contributed by atoms with Gasteiger partial charge in [-0.15, -0.1) is 0 Å². The number of anilines is 1. The summed E-state index contributed by atoms with van der Waals surface area (Å²) in [5, 5.41) is 0. The lowest BCUT2D eigenvalue weighted by molar-refractivity contribution is -0.140. The smallest absolute Gasteiger partial charge is 0.398 e. The van der Waals surface area contributed by atoms with Crippen LogP contribution in [-0.4, -0.2) is 0 Å². The lowest BCUT2D eigenvalue weighted by Gasteiger charge is -2.09. The molecule has 2 N–H and O–H groups in total. The van der Waals surface area contributed by atoms with E-state index >= 15 is 0 Å². The summed E-state index contributed by atoms with van der Waals surface area (Å²) in [4.78, 5) is 0. The van der Waals surface area contributed by atoms with Gasteiger partial charge in [-0.25, -0.2) is 4.39 Å². The number of alkyl halides is 3. The van der Waals surface area contributed by atoms with Crippen molar-refractivity contribution in [3.8, 4) is 0 Å². The van der Waals surface area contributed by atoms with E-state index in [1.165, 1.54) is 0 Å². The van der Waals surface area contributed by atoms with Crippen LogP contribution < -0.4 is 5.73 Å². The summed E-state index contributed by atoms with van der Waals surface area (Å²) in [7, 11) is 0. The highest BCUT2D eigenvalue weighted by Crippen LogP contribution is 2.36. The summed E-state index contributed by atoms with van der Waals surface area (Å²) in [6.07, 6.45) is -4.69. The number of nitrogens with two attached hydrogens (primary N) is 1. The maximum atomic E-state index is 12.9. The van der Waals surface area contributed by atoms with Gasteiger partial charge in [-0.05, 0) is 28.1 Å². The zero-order chi connectivity index (χ0) is 10.2. The second kappa shape index (κ2) is 3.17. The summed E-state index contributed by atoms with van der Waals surface area (Å²) in [5.41, 5.74) is 3.79. The van der Waals surface area contributed by atoms with Crippen LogP contribution in [0, 0.1) is 5.82 Å². The Balaban J connectivity index is 3.35. The Morgan fingerprint density at radius 1 is 1.23 bits per heavy atom. The van der Waals surface area contributed by atoms with E-state index in [1.54, 1.807) is 0 Å². The lowest BCUT2D eigenvalue weighted by Crippen LogP contribution is -2.09. The number of benzene rings is 1. The van der Waals surface area contributed by atoms with E-state index in [2.05, 4.69) is 15.9 Å². The SMILES string of the molecule is Nc1ccc(C(F)(F)F)c(F)c1Br. The molecule has 0 amide bonds. The maximum absolute atomic E-state index is 12.9. The highest BCUT2D eigenvalue weighted by atomic mass is 79.9. The van der Waals surface area contributed by atoms with Crippen molar-refractivity contribution in [2.24, 2.45) is 0 Å². The van der Waals surface area contributed by atoms with E-state index in [4.69, 9.17) is 5.73 Å². The normalized spacial score (nSPS) is 11.8. The molecule has 0 radical (unpaired) electrons. The quantitative estimate of drug-likeness (QED) is 0.561. The van der Waals surface area contributed by atoms with Crippen molar-refractivity contribution in [1.29, 1.82) is 0 Å². The fraction of sp³-hybridized carbons (Fsp3) is 0.143. The van der Waals surface area contributed by atoms with Gasteiger partial charge in [0.1, 0.15) is 0 Å². The molecule has 0 heterocycles. The molecule has 1 aromatic carbocycles. The standard InChI is InChI=1S/C7H4BrF4N/c8-5-4(13)2-1-3(6(5)9)7(10,11)12/h1-2H,13H2. The first kappa shape index (κ1) is 10.3. The van der Waals surface area contributed by atoms with Crippen molar-refractivity contribution in [2.45, 2.75) is 6.18 Å². The molecule has 1 aromatic rings. The molecule has 0 unspecified atom stereocenters. The van der Waals surface area contributed by atoms with Gasteiger partial charge < -0.3 is 5.73 Å². The molecule has 0 aromatic heterocycles. The topological polar surface area (TPSA) is 26.0 Å². The largest absolute Gasteiger partial charge is 0.419 e. The number of hydrogen-bond acceptors (Lipinski definition) is 1. The highest BCUT2D eigenvalue weighted by Gasteiger charge is 2.35. The highest BCUT2D eigenvalue weighted by molar-refractivity contribution is 9.10. The maximum Gasteiger partial charge on any atom is 0.419 e. The first-order valence-electron chi connectivity index (χ1n) is 3.14. The van der Waals surface area contributed by atoms with Gasteiger partial charge in [0.25, 0.3) is 0 Å². The summed E-state index contributed by atoms with van der Waals surface area (Å²) in [6, 6.07) is 1.60. The third-order valence-corrected chi connectivity index (χ3v) is 2.22. The van der Waals surface area contributed by atoms with Crippen LogP contribution >= 0.6 is 15.9 Å². The van der Waals surface area contributed by atoms with Gasteiger partial charge in [0, 0.05) is 5.69 Å². The molecule has 6 heteroatoms. The Morgan fingerprint density at radius 3 is 2.23 bits per heavy atom. The van der Waals surface area contributed by atoms with Crippen molar-refractivity contribution < 1.29 is 17.6 Å². The van der Waals surface area contributed by atoms with Crippen LogP contribution in [0.4, 0.5) is 23.2 Å². The fourth-order valence-corrected chi connectivity index (χ4v) is 1.13. The Labute approximate surface area is 79.7 Å². The zero-order valence-corrected chi connectivity index (χ0v) is 7.71. The number of nitrogen functional groups attached to an aromatic ring is 1. The van der Waals surface area contributed by atoms with Gasteiger partial charge >= 0.3 is 6.18 Å². The van der Waals surface area contributed by atoms with Crippen molar-refractivity contribution in [3.05, 3.63) is 28.0 Å². The van der Waals surface area contributed by atoms with Crippen molar-refractivity contribution in [3.63, 3.8) is 0 Å². The van der Waals surface area contributed by atoms with Gasteiger partial charge in [0.05, 0.1) is 10.0 Å². The Morgan fingerprint density at radius 2 is 1.77 bits per heavy atom. The molecule has 0 aliphatic carbocycles. The molecule has 0 spiro atoms. The second-order valence-electron chi connectivity index (χ2n) is 2.33. The van der Waals surface area contributed by atoms with E-state index in [9.17, 15) is 17.6 Å². The molecule has 0 saturated heterocycles. The van der Waals surface area contributed by atoms with Crippen LogP contribution in [0.5, 0.6) is 0 Å². The molecule has 0 aliphatic heterocycles. The van der Waals surface area contributed by atoms with Crippen LogP contribution in [0.25, 0.3) is 0 Å². The minimum absolute atomic E-state index is 0.0644. The van der Waals surface area contributed by atoms with Gasteiger partial charge in [-0.2, -0.15) is 13.2 Å². The minimum atomic E-state index is -4.69.